The van der Waals surface area contributed by atoms with E-state index in [1.807, 2.05) is 24.3 Å². The van der Waals surface area contributed by atoms with Crippen molar-refractivity contribution in [2.24, 2.45) is 5.92 Å². The van der Waals surface area contributed by atoms with Crippen LogP contribution in [-0.4, -0.2) is 50.0 Å². The van der Waals surface area contributed by atoms with Gasteiger partial charge in [0.05, 0.1) is 0 Å². The summed E-state index contributed by atoms with van der Waals surface area (Å²) in [7, 11) is 0. The molecule has 33 heavy (non-hydrogen) atoms. The van der Waals surface area contributed by atoms with Crippen LogP contribution in [0.1, 0.15) is 29.0 Å². The maximum atomic E-state index is 13.4. The summed E-state index contributed by atoms with van der Waals surface area (Å²) in [6.45, 7) is 0.969. The van der Waals surface area contributed by atoms with Gasteiger partial charge >= 0.3 is 0 Å². The van der Waals surface area contributed by atoms with Crippen molar-refractivity contribution in [2.45, 2.75) is 23.8 Å². The number of furan rings is 1. The van der Waals surface area contributed by atoms with Crippen molar-refractivity contribution in [3.63, 3.8) is 0 Å². The van der Waals surface area contributed by atoms with Gasteiger partial charge in [-0.3, -0.25) is 9.59 Å². The van der Waals surface area contributed by atoms with E-state index < -0.39 is 0 Å². The maximum absolute atomic E-state index is 13.4. The second-order valence-corrected chi connectivity index (χ2v) is 9.30. The molecule has 1 aromatic carbocycles. The first-order chi connectivity index (χ1) is 16.2. The molecule has 168 valence electrons. The molecule has 0 aliphatic carbocycles. The Kier molecular flexibility index (Phi) is 6.31. The van der Waals surface area contributed by atoms with E-state index >= 15 is 0 Å². The fourth-order valence-corrected chi connectivity index (χ4v) is 5.11. The predicted molar refractivity (Wildman–Crippen MR) is 125 cm³/mol. The number of rotatable bonds is 6. The van der Waals surface area contributed by atoms with Crippen molar-refractivity contribution in [1.82, 2.24) is 25.1 Å². The van der Waals surface area contributed by atoms with Gasteiger partial charge in [0.15, 0.2) is 10.9 Å². The number of hydrogen-bond acceptors (Lipinski definition) is 9. The fraction of sp³-hybridized carbons (Fsp3) is 0.273. The van der Waals surface area contributed by atoms with Crippen molar-refractivity contribution in [3.05, 3.63) is 59.6 Å². The molecule has 11 heteroatoms. The Morgan fingerprint density at radius 3 is 2.70 bits per heavy atom. The zero-order valence-corrected chi connectivity index (χ0v) is 19.1. The molecule has 2 amide bonds. The number of fused-ring (bicyclic) bond motifs is 1. The van der Waals surface area contributed by atoms with Crippen LogP contribution < -0.4 is 5.32 Å². The zero-order valence-electron chi connectivity index (χ0n) is 17.5. The van der Waals surface area contributed by atoms with Crippen LogP contribution in [0.2, 0.25) is 0 Å². The molecule has 1 N–H and O–H groups in total. The average molecular weight is 481 g/mol. The molecule has 4 aromatic rings. The minimum atomic E-state index is -0.168. The summed E-state index contributed by atoms with van der Waals surface area (Å²) in [5.41, 5.74) is 3.09. The lowest BCUT2D eigenvalue weighted by Crippen LogP contribution is -2.41. The van der Waals surface area contributed by atoms with Gasteiger partial charge in [-0.25, -0.2) is 9.97 Å². The van der Waals surface area contributed by atoms with E-state index in [4.69, 9.17) is 4.42 Å². The van der Waals surface area contributed by atoms with Crippen LogP contribution in [0.5, 0.6) is 0 Å². The number of carbonyl (C=O) groups is 2. The van der Waals surface area contributed by atoms with Crippen molar-refractivity contribution < 1.29 is 14.0 Å². The Hall–Kier alpha value is -3.31. The Morgan fingerprint density at radius 1 is 1.15 bits per heavy atom. The van der Waals surface area contributed by atoms with Crippen molar-refractivity contribution in [1.29, 1.82) is 0 Å². The summed E-state index contributed by atoms with van der Waals surface area (Å²) >= 11 is 2.74. The van der Waals surface area contributed by atoms with Gasteiger partial charge in [0.2, 0.25) is 11.0 Å². The van der Waals surface area contributed by atoms with E-state index in [-0.39, 0.29) is 17.7 Å². The minimum Gasteiger partial charge on any atom is -0.451 e. The number of aromatic nitrogens is 4. The largest absolute Gasteiger partial charge is 0.451 e. The highest BCUT2D eigenvalue weighted by atomic mass is 32.2. The molecular weight excluding hydrogens is 460 g/mol. The highest BCUT2D eigenvalue weighted by Crippen LogP contribution is 2.32. The van der Waals surface area contributed by atoms with Crippen LogP contribution in [0.25, 0.3) is 11.0 Å². The van der Waals surface area contributed by atoms with Crippen molar-refractivity contribution in [3.8, 4) is 0 Å². The highest BCUT2D eigenvalue weighted by Gasteiger charge is 2.31. The highest BCUT2D eigenvalue weighted by molar-refractivity contribution is 7.98. The van der Waals surface area contributed by atoms with Crippen LogP contribution in [0.15, 0.2) is 57.8 Å². The number of nitrogens with zero attached hydrogens (tertiary/aromatic N) is 5. The Bertz CT molecular complexity index is 1250. The van der Waals surface area contributed by atoms with Crippen LogP contribution in [-0.2, 0) is 10.5 Å². The van der Waals surface area contributed by atoms with Gasteiger partial charge in [0, 0.05) is 48.1 Å². The minimum absolute atomic E-state index is 0.0810. The molecule has 0 radical (unpaired) electrons. The smallest absolute Gasteiger partial charge is 0.289 e. The molecule has 1 fully saturated rings. The van der Waals surface area contributed by atoms with Gasteiger partial charge in [-0.1, -0.05) is 41.3 Å². The topological polar surface area (TPSA) is 114 Å². The number of piperidine rings is 1. The first kappa shape index (κ1) is 21.5. The van der Waals surface area contributed by atoms with E-state index in [0.29, 0.717) is 53.3 Å². The van der Waals surface area contributed by atoms with Crippen LogP contribution >= 0.6 is 23.1 Å². The standard InChI is InChI=1S/C22H20N6O3S2/c29-19(26-22-27-25-13-33-22)14-6-10-28(11-7-14)20(30)18-16(12-32-21-23-8-3-9-24-21)15-4-1-2-5-17(15)31-18/h1-5,8-9,13-14H,6-7,10-12H2,(H,26,27,29). The summed E-state index contributed by atoms with van der Waals surface area (Å²) in [6.07, 6.45) is 4.55. The SMILES string of the molecule is O=C(Nc1nncs1)C1CCN(C(=O)c2oc3ccccc3c2CSc2ncccn2)CC1. The molecule has 0 saturated carbocycles. The first-order valence-corrected chi connectivity index (χ1v) is 12.3. The Labute approximate surface area is 197 Å². The quantitative estimate of drug-likeness (QED) is 0.327. The van der Waals surface area contributed by atoms with Gasteiger partial charge in [-0.2, -0.15) is 0 Å². The molecule has 0 atom stereocenters. The summed E-state index contributed by atoms with van der Waals surface area (Å²) in [6, 6.07) is 9.41. The number of para-hydroxylation sites is 1. The van der Waals surface area contributed by atoms with Crippen LogP contribution in [0, 0.1) is 5.92 Å². The van der Waals surface area contributed by atoms with E-state index in [0.717, 1.165) is 10.9 Å². The normalized spacial score (nSPS) is 14.5. The lowest BCUT2D eigenvalue weighted by molar-refractivity contribution is -0.121. The van der Waals surface area contributed by atoms with Gasteiger partial charge in [0.25, 0.3) is 5.91 Å². The fourth-order valence-electron chi connectivity index (χ4n) is 3.83. The average Bonchev–Trinajstić information content (AvgIpc) is 3.51. The molecule has 4 heterocycles. The lowest BCUT2D eigenvalue weighted by atomic mass is 9.95. The summed E-state index contributed by atoms with van der Waals surface area (Å²) in [5.74, 6) is 0.458. The second kappa shape index (κ2) is 9.67. The number of amides is 2. The predicted octanol–water partition coefficient (Wildman–Crippen LogP) is 3.86. The Morgan fingerprint density at radius 2 is 1.94 bits per heavy atom. The van der Waals surface area contributed by atoms with Gasteiger partial charge < -0.3 is 14.6 Å². The van der Waals surface area contributed by atoms with Gasteiger partial charge in [-0.15, -0.1) is 10.2 Å². The molecule has 1 aliphatic heterocycles. The third kappa shape index (κ3) is 4.74. The van der Waals surface area contributed by atoms with Gasteiger partial charge in [-0.05, 0) is 25.0 Å². The molecule has 1 aliphatic rings. The van der Waals surface area contributed by atoms with E-state index in [1.54, 1.807) is 28.9 Å². The molecule has 0 spiro atoms. The number of anilines is 1. The van der Waals surface area contributed by atoms with Crippen LogP contribution in [0.4, 0.5) is 5.13 Å². The third-order valence-electron chi connectivity index (χ3n) is 5.52. The summed E-state index contributed by atoms with van der Waals surface area (Å²) in [5, 5.41) is 12.4. The van der Waals surface area contributed by atoms with E-state index in [9.17, 15) is 9.59 Å². The molecule has 3 aromatic heterocycles. The number of hydrogen-bond donors (Lipinski definition) is 1. The lowest BCUT2D eigenvalue weighted by Gasteiger charge is -2.30. The number of carbonyl (C=O) groups excluding carboxylic acids is 2. The number of likely N-dealkylation sites (tertiary alicyclic amines) is 1. The molecule has 0 bridgehead atoms. The molecule has 5 rings (SSSR count). The monoisotopic (exact) mass is 480 g/mol. The van der Waals surface area contributed by atoms with Crippen LogP contribution in [0.3, 0.4) is 0 Å². The molecule has 9 nitrogen and oxygen atoms in total. The second-order valence-electron chi connectivity index (χ2n) is 7.53. The van der Waals surface area contributed by atoms with Crippen molar-refractivity contribution in [2.75, 3.05) is 18.4 Å². The summed E-state index contributed by atoms with van der Waals surface area (Å²) in [4.78, 5) is 36.2. The molecule has 1 saturated heterocycles. The number of benzene rings is 1. The molecular formula is C22H20N6O3S2. The zero-order chi connectivity index (χ0) is 22.6. The van der Waals surface area contributed by atoms with Gasteiger partial charge in [0.1, 0.15) is 11.1 Å². The first-order valence-electron chi connectivity index (χ1n) is 10.5. The van der Waals surface area contributed by atoms with E-state index in [1.165, 1.54) is 23.1 Å². The number of nitrogens with one attached hydrogen (secondary N) is 1. The maximum Gasteiger partial charge on any atom is 0.289 e. The Balaban J connectivity index is 1.30. The third-order valence-corrected chi connectivity index (χ3v) is 7.03. The van der Waals surface area contributed by atoms with E-state index in [2.05, 4.69) is 25.5 Å². The molecule has 0 unspecified atom stereocenters. The van der Waals surface area contributed by atoms with Crippen molar-refractivity contribution >= 4 is 51.0 Å². The summed E-state index contributed by atoms with van der Waals surface area (Å²) < 4.78 is 6.01. The number of thioether (sulfide) groups is 1.